The minimum Gasteiger partial charge on any atom is -0.393 e. The number of aliphatic hydroxyl groups is 6. The molecule has 2 aliphatic rings. The van der Waals surface area contributed by atoms with Gasteiger partial charge in [0, 0.05) is 0 Å². The summed E-state index contributed by atoms with van der Waals surface area (Å²) in [5.41, 5.74) is 3.12. The van der Waals surface area contributed by atoms with Crippen LogP contribution < -0.4 is 5.73 Å². The van der Waals surface area contributed by atoms with Crippen molar-refractivity contribution >= 4 is 43.3 Å². The largest absolute Gasteiger partial charge is 0.481 e. The van der Waals surface area contributed by atoms with Crippen molar-refractivity contribution in [2.45, 2.75) is 60.7 Å². The number of phosphoric ester groups is 1. The number of nitrogen functional groups attached to an aromatic ring is 1. The molecule has 2 aromatic heterocycles. The molecule has 242 valence electrons. The molecule has 0 aromatic carbocycles. The zero-order chi connectivity index (χ0) is 32.1. The van der Waals surface area contributed by atoms with Crippen molar-refractivity contribution in [2.24, 2.45) is 0 Å². The maximum Gasteiger partial charge on any atom is 0.481 e. The summed E-state index contributed by atoms with van der Waals surface area (Å²) < 4.78 is 67.1. The first-order valence-electron chi connectivity index (χ1n) is 11.9. The van der Waals surface area contributed by atoms with Gasteiger partial charge in [0.25, 0.3) is 5.85 Å². The molecule has 7 unspecified atom stereocenters. The highest BCUT2D eigenvalue weighted by Crippen LogP contribution is 2.62. The fourth-order valence-corrected chi connectivity index (χ4v) is 7.39. The number of alkyl halides is 2. The van der Waals surface area contributed by atoms with Crippen LogP contribution in [0.5, 0.6) is 0 Å². The summed E-state index contributed by atoms with van der Waals surface area (Å²) in [5.74, 6) is -3.48. The van der Waals surface area contributed by atoms with E-state index in [4.69, 9.17) is 24.8 Å². The van der Waals surface area contributed by atoms with Gasteiger partial charge in [-0.2, -0.15) is 0 Å². The Balaban J connectivity index is 1.48. The molecule has 2 aliphatic heterocycles. The summed E-state index contributed by atoms with van der Waals surface area (Å²) in [4.78, 5) is 32.1. The molecule has 19 nitrogen and oxygen atoms in total. The van der Waals surface area contributed by atoms with Crippen LogP contribution in [0.2, 0.25) is 0 Å². The Labute approximate surface area is 244 Å². The molecule has 0 spiro atoms. The second-order valence-corrected chi connectivity index (χ2v) is 13.8. The highest BCUT2D eigenvalue weighted by molar-refractivity contribution is 8.08. The van der Waals surface area contributed by atoms with Gasteiger partial charge in [0.2, 0.25) is 0 Å². The lowest BCUT2D eigenvalue weighted by Gasteiger charge is -2.41. The first-order valence-corrected chi connectivity index (χ1v) is 16.0. The standard InChI is InChI=1S/C19H27F2N5O14P2S/c1-2-18(32)16(31)19(21,38-17(18)26-6-25-8-13(22)23-5-24-14(8)26)4-36-42(35,43)40-41(33,34)39-15-11(30)9(28)10(29)12(37-15)7(20)3-27/h2,5-7,9-12,15-17,27-32H,1,3-4H2,(H,33,34)(H,35,43)(H2,22,23,24)/t7-,9?,10?,11?,12?,15?,16-,17+,18+,19+,42?/m0/s1. The topological polar surface area (TPSA) is 295 Å². The maximum atomic E-state index is 15.9. The van der Waals surface area contributed by atoms with E-state index in [-0.39, 0.29) is 17.0 Å². The summed E-state index contributed by atoms with van der Waals surface area (Å²) in [6, 6.07) is 0. The summed E-state index contributed by atoms with van der Waals surface area (Å²) in [5, 5.41) is 60.5. The summed E-state index contributed by atoms with van der Waals surface area (Å²) >= 11 is 4.60. The molecule has 2 aromatic rings. The molecule has 0 radical (unpaired) electrons. The fourth-order valence-electron chi connectivity index (χ4n) is 4.31. The van der Waals surface area contributed by atoms with Gasteiger partial charge in [-0.3, -0.25) is 9.09 Å². The van der Waals surface area contributed by atoms with Gasteiger partial charge in [0.05, 0.1) is 12.9 Å². The van der Waals surface area contributed by atoms with Gasteiger partial charge in [-0.1, -0.05) is 12.7 Å². The lowest BCUT2D eigenvalue weighted by atomic mass is 9.93. The number of anilines is 1. The molecule has 24 heteroatoms. The van der Waals surface area contributed by atoms with Gasteiger partial charge >= 0.3 is 14.5 Å². The molecule has 0 bridgehead atoms. The summed E-state index contributed by atoms with van der Waals surface area (Å²) in [6.45, 7) is -4.40. The number of nitrogens with two attached hydrogens (primary N) is 1. The Morgan fingerprint density at radius 2 is 1.91 bits per heavy atom. The van der Waals surface area contributed by atoms with Crippen molar-refractivity contribution in [3.8, 4) is 0 Å². The van der Waals surface area contributed by atoms with Gasteiger partial charge in [-0.05, 0) is 11.8 Å². The lowest BCUT2D eigenvalue weighted by molar-refractivity contribution is -0.287. The Morgan fingerprint density at radius 3 is 2.53 bits per heavy atom. The van der Waals surface area contributed by atoms with Gasteiger partial charge in [-0.15, -0.1) is 0 Å². The number of fused-ring (bicyclic) bond motifs is 1. The number of nitrogens with zero attached hydrogens (tertiary/aromatic N) is 4. The molecule has 2 saturated heterocycles. The second kappa shape index (κ2) is 12.2. The molecule has 0 amide bonds. The molecule has 12 atom stereocenters. The smallest absolute Gasteiger partial charge is 0.393 e. The number of hydrogen-bond acceptors (Lipinski definition) is 17. The summed E-state index contributed by atoms with van der Waals surface area (Å²) in [6.07, 6.45) is -14.8. The molecular formula is C19H27F2N5O14P2S. The number of aliphatic hydroxyl groups excluding tert-OH is 5. The van der Waals surface area contributed by atoms with Gasteiger partial charge in [0.15, 0.2) is 41.9 Å². The second-order valence-electron chi connectivity index (χ2n) is 9.37. The van der Waals surface area contributed by atoms with E-state index >= 15 is 4.39 Å². The Bertz CT molecular complexity index is 1450. The van der Waals surface area contributed by atoms with Crippen molar-refractivity contribution in [1.29, 1.82) is 0 Å². The van der Waals surface area contributed by atoms with E-state index in [9.17, 15) is 44.3 Å². The fraction of sp³-hybridized carbons (Fsp3) is 0.632. The number of hydrogen-bond donors (Lipinski definition) is 9. The number of ether oxygens (including phenoxy) is 2. The van der Waals surface area contributed by atoms with Crippen LogP contribution in [0.1, 0.15) is 6.23 Å². The minimum absolute atomic E-state index is 0.0383. The Morgan fingerprint density at radius 1 is 1.23 bits per heavy atom. The van der Waals surface area contributed by atoms with Crippen molar-refractivity contribution in [3.05, 3.63) is 25.3 Å². The first-order chi connectivity index (χ1) is 19.9. The molecule has 10 N–H and O–H groups in total. The summed E-state index contributed by atoms with van der Waals surface area (Å²) in [7, 11) is -5.67. The Kier molecular flexibility index (Phi) is 9.74. The van der Waals surface area contributed by atoms with E-state index in [1.54, 1.807) is 0 Å². The molecule has 2 fully saturated rings. The van der Waals surface area contributed by atoms with E-state index in [0.717, 1.165) is 23.3 Å². The molecular weight excluding hydrogens is 654 g/mol. The Hall–Kier alpha value is -1.69. The van der Waals surface area contributed by atoms with Crippen LogP contribution in [0, 0.1) is 0 Å². The van der Waals surface area contributed by atoms with Crippen molar-refractivity contribution in [3.63, 3.8) is 0 Å². The van der Waals surface area contributed by atoms with Crippen LogP contribution in [-0.4, -0.2) is 128 Å². The highest BCUT2D eigenvalue weighted by atomic mass is 32.5. The average Bonchev–Trinajstić information content (AvgIpc) is 3.46. The van der Waals surface area contributed by atoms with E-state index < -0.39 is 88.4 Å². The van der Waals surface area contributed by atoms with E-state index in [1.807, 2.05) is 0 Å². The van der Waals surface area contributed by atoms with Crippen LogP contribution in [-0.2, 0) is 39.2 Å². The van der Waals surface area contributed by atoms with E-state index in [0.29, 0.717) is 0 Å². The third kappa shape index (κ3) is 6.51. The van der Waals surface area contributed by atoms with Crippen LogP contribution in [0.3, 0.4) is 0 Å². The predicted molar refractivity (Wildman–Crippen MR) is 138 cm³/mol. The van der Waals surface area contributed by atoms with Crippen LogP contribution in [0.25, 0.3) is 11.2 Å². The van der Waals surface area contributed by atoms with E-state index in [1.165, 1.54) is 0 Å². The van der Waals surface area contributed by atoms with Crippen LogP contribution in [0.4, 0.5) is 14.6 Å². The van der Waals surface area contributed by atoms with E-state index in [2.05, 4.69) is 42.2 Å². The number of aromatic nitrogens is 4. The number of rotatable bonds is 11. The molecule has 0 saturated carbocycles. The maximum absolute atomic E-state index is 15.9. The number of halogens is 2. The average molecular weight is 681 g/mol. The third-order valence-corrected chi connectivity index (χ3v) is 10.0. The first kappa shape index (κ1) is 34.2. The van der Waals surface area contributed by atoms with Gasteiger partial charge < -0.3 is 60.2 Å². The van der Waals surface area contributed by atoms with Crippen molar-refractivity contribution < 1.29 is 76.6 Å². The monoisotopic (exact) mass is 681 g/mol. The number of phosphoric acid groups is 1. The van der Waals surface area contributed by atoms with Crippen molar-refractivity contribution in [1.82, 2.24) is 19.5 Å². The van der Waals surface area contributed by atoms with Crippen molar-refractivity contribution in [2.75, 3.05) is 18.9 Å². The quantitative estimate of drug-likeness (QED) is 0.0867. The van der Waals surface area contributed by atoms with Crippen LogP contribution >= 0.6 is 14.5 Å². The molecule has 4 heterocycles. The lowest BCUT2D eigenvalue weighted by Crippen LogP contribution is -2.60. The SMILES string of the molecule is C=C[C@]1(O)[C@H](n2cnc3c(N)ncnc32)O[C@](F)(COP(O)(=S)OP(=O)(O)OC2OC([C@@H](F)CO)C(O)C(O)C2O)[C@H]1O. The molecule has 0 aliphatic carbocycles. The zero-order valence-corrected chi connectivity index (χ0v) is 24.0. The van der Waals surface area contributed by atoms with Gasteiger partial charge in [0.1, 0.15) is 42.9 Å². The molecule has 4 rings (SSSR count). The third-order valence-electron chi connectivity index (χ3n) is 6.52. The van der Waals surface area contributed by atoms with Gasteiger partial charge in [-0.25, -0.2) is 32.6 Å². The highest BCUT2D eigenvalue weighted by Gasteiger charge is 2.65. The number of imidazole rings is 1. The normalized spacial score (nSPS) is 38.4. The van der Waals surface area contributed by atoms with Crippen LogP contribution in [0.15, 0.2) is 25.3 Å². The minimum atomic E-state index is -5.67. The molecule has 43 heavy (non-hydrogen) atoms. The zero-order valence-electron chi connectivity index (χ0n) is 21.4. The predicted octanol–water partition coefficient (Wildman–Crippen LogP) is -2.61.